The number of fused-ring (bicyclic) bond motifs is 6. The van der Waals surface area contributed by atoms with Crippen molar-refractivity contribution in [3.8, 4) is 11.5 Å². The molecule has 0 spiro atoms. The predicted molar refractivity (Wildman–Crippen MR) is 118 cm³/mol. The van der Waals surface area contributed by atoms with Crippen molar-refractivity contribution >= 4 is 37.7 Å². The summed E-state index contributed by atoms with van der Waals surface area (Å²) in [5, 5.41) is 1.70. The highest BCUT2D eigenvalue weighted by Gasteiger charge is 2.33. The van der Waals surface area contributed by atoms with Crippen molar-refractivity contribution in [2.24, 2.45) is 0 Å². The van der Waals surface area contributed by atoms with E-state index in [1.807, 2.05) is 54.6 Å². The number of hydrogen-bond donors (Lipinski definition) is 0. The Labute approximate surface area is 174 Å². The molecule has 4 nitrogen and oxygen atoms in total. The molecule has 5 aromatic rings. The smallest absolute Gasteiger partial charge is 0.281 e. The summed E-state index contributed by atoms with van der Waals surface area (Å²) in [6.45, 7) is 0. The largest absolute Gasteiger partial charge is 0.312 e. The van der Waals surface area contributed by atoms with Gasteiger partial charge in [-0.1, -0.05) is 58.4 Å². The van der Waals surface area contributed by atoms with Crippen molar-refractivity contribution < 1.29 is 0 Å². The number of pyridine rings is 1. The summed E-state index contributed by atoms with van der Waals surface area (Å²) in [5.41, 5.74) is 4.52. The summed E-state index contributed by atoms with van der Waals surface area (Å²) in [7, 11) is 0. The molecule has 0 radical (unpaired) electrons. The minimum atomic E-state index is -0.218. The van der Waals surface area contributed by atoms with E-state index in [0.717, 1.165) is 37.7 Å². The fourth-order valence-corrected chi connectivity index (χ4v) is 4.51. The van der Waals surface area contributed by atoms with Crippen molar-refractivity contribution in [2.45, 2.75) is 6.04 Å². The SMILES string of the molecule is O=c1nc2n(c3ccccc13)C(c1ccc(Br)cc1)c1cc3ccccc3nc1-2. The Bertz CT molecular complexity index is 1490. The molecule has 2 aromatic heterocycles. The lowest BCUT2D eigenvalue weighted by atomic mass is 9.98. The standard InChI is InChI=1S/C24H14BrN3O/c25-16-11-9-14(10-12-16)22-18-13-15-5-1-3-7-19(15)26-21(18)23-27-24(29)17-6-2-4-8-20(17)28(22)23/h1-13,22H. The van der Waals surface area contributed by atoms with E-state index in [1.54, 1.807) is 0 Å². The van der Waals surface area contributed by atoms with E-state index in [0.29, 0.717) is 11.2 Å². The van der Waals surface area contributed by atoms with Crippen LogP contribution in [-0.4, -0.2) is 14.5 Å². The number of aromatic nitrogens is 3. The van der Waals surface area contributed by atoms with Gasteiger partial charge in [0.15, 0.2) is 5.82 Å². The van der Waals surface area contributed by atoms with Crippen LogP contribution in [0.5, 0.6) is 0 Å². The molecule has 1 aliphatic heterocycles. The monoisotopic (exact) mass is 439 g/mol. The maximum absolute atomic E-state index is 12.7. The lowest BCUT2D eigenvalue weighted by molar-refractivity contribution is 0.726. The predicted octanol–water partition coefficient (Wildman–Crippen LogP) is 5.33. The zero-order valence-corrected chi connectivity index (χ0v) is 16.8. The van der Waals surface area contributed by atoms with Gasteiger partial charge >= 0.3 is 0 Å². The zero-order chi connectivity index (χ0) is 19.5. The fraction of sp³-hybridized carbons (Fsp3) is 0.0417. The average molecular weight is 440 g/mol. The number of para-hydroxylation sites is 2. The molecule has 0 bridgehead atoms. The van der Waals surface area contributed by atoms with Gasteiger partial charge in [-0.3, -0.25) is 4.79 Å². The lowest BCUT2D eigenvalue weighted by Gasteiger charge is -2.19. The minimum absolute atomic E-state index is 0.0943. The van der Waals surface area contributed by atoms with Crippen LogP contribution in [0.25, 0.3) is 33.3 Å². The Morgan fingerprint density at radius 1 is 0.862 bits per heavy atom. The quantitative estimate of drug-likeness (QED) is 0.348. The summed E-state index contributed by atoms with van der Waals surface area (Å²) in [4.78, 5) is 22.1. The van der Waals surface area contributed by atoms with Gasteiger partial charge in [-0.05, 0) is 42.0 Å². The number of benzene rings is 3. The van der Waals surface area contributed by atoms with Crippen molar-refractivity contribution in [1.29, 1.82) is 0 Å². The lowest BCUT2D eigenvalue weighted by Crippen LogP contribution is -2.16. The zero-order valence-electron chi connectivity index (χ0n) is 15.2. The molecule has 0 saturated heterocycles. The van der Waals surface area contributed by atoms with E-state index in [4.69, 9.17) is 4.98 Å². The van der Waals surface area contributed by atoms with Crippen LogP contribution in [-0.2, 0) is 0 Å². The Morgan fingerprint density at radius 2 is 1.62 bits per heavy atom. The summed E-state index contributed by atoms with van der Waals surface area (Å²) >= 11 is 3.53. The topological polar surface area (TPSA) is 47.8 Å². The second-order valence-corrected chi connectivity index (χ2v) is 8.12. The summed E-state index contributed by atoms with van der Waals surface area (Å²) in [6.07, 6.45) is 0. The molecular formula is C24H14BrN3O. The normalized spacial score (nSPS) is 14.9. The molecule has 6 rings (SSSR count). The third kappa shape index (κ3) is 2.41. The third-order valence-electron chi connectivity index (χ3n) is 5.53. The molecule has 0 aliphatic carbocycles. The first kappa shape index (κ1) is 16.6. The van der Waals surface area contributed by atoms with Crippen molar-refractivity contribution in [2.75, 3.05) is 0 Å². The second-order valence-electron chi connectivity index (χ2n) is 7.20. The van der Waals surface area contributed by atoms with E-state index < -0.39 is 0 Å². The summed E-state index contributed by atoms with van der Waals surface area (Å²) < 4.78 is 3.18. The van der Waals surface area contributed by atoms with Crippen LogP contribution in [0.15, 0.2) is 88.1 Å². The van der Waals surface area contributed by atoms with Crippen LogP contribution >= 0.6 is 15.9 Å². The Hall–Kier alpha value is -3.31. The van der Waals surface area contributed by atoms with E-state index in [2.05, 4.69) is 49.7 Å². The highest BCUT2D eigenvalue weighted by molar-refractivity contribution is 9.10. The molecule has 3 aromatic carbocycles. The van der Waals surface area contributed by atoms with Gasteiger partial charge in [-0.2, -0.15) is 4.98 Å². The van der Waals surface area contributed by atoms with Crippen molar-refractivity contribution in [1.82, 2.24) is 14.5 Å². The van der Waals surface area contributed by atoms with Gasteiger partial charge in [0.05, 0.1) is 22.5 Å². The number of rotatable bonds is 1. The maximum atomic E-state index is 12.7. The molecule has 0 fully saturated rings. The maximum Gasteiger partial charge on any atom is 0.281 e. The molecule has 1 aliphatic rings. The van der Waals surface area contributed by atoms with E-state index in [1.165, 1.54) is 0 Å². The molecule has 1 atom stereocenters. The van der Waals surface area contributed by atoms with E-state index >= 15 is 0 Å². The Morgan fingerprint density at radius 3 is 2.48 bits per heavy atom. The number of nitrogens with zero attached hydrogens (tertiary/aromatic N) is 3. The highest BCUT2D eigenvalue weighted by atomic mass is 79.9. The van der Waals surface area contributed by atoms with Crippen LogP contribution in [0.3, 0.4) is 0 Å². The van der Waals surface area contributed by atoms with E-state index in [9.17, 15) is 4.79 Å². The number of hydrogen-bond acceptors (Lipinski definition) is 3. The molecule has 29 heavy (non-hydrogen) atoms. The summed E-state index contributed by atoms with van der Waals surface area (Å²) in [6, 6.07) is 26.1. The van der Waals surface area contributed by atoms with E-state index in [-0.39, 0.29) is 11.6 Å². The number of halogens is 1. The first-order valence-corrected chi connectivity index (χ1v) is 10.2. The average Bonchev–Trinajstić information content (AvgIpc) is 3.06. The van der Waals surface area contributed by atoms with Crippen LogP contribution in [0, 0.1) is 0 Å². The van der Waals surface area contributed by atoms with Gasteiger partial charge in [0.25, 0.3) is 5.56 Å². The van der Waals surface area contributed by atoms with Crippen molar-refractivity contribution in [3.05, 3.63) is 105 Å². The van der Waals surface area contributed by atoms with Gasteiger partial charge in [-0.25, -0.2) is 4.98 Å². The van der Waals surface area contributed by atoms with Gasteiger partial charge in [-0.15, -0.1) is 0 Å². The summed E-state index contributed by atoms with van der Waals surface area (Å²) in [5.74, 6) is 0.627. The van der Waals surface area contributed by atoms with Crippen LogP contribution in [0.1, 0.15) is 17.2 Å². The first-order chi connectivity index (χ1) is 14.2. The second kappa shape index (κ2) is 6.09. The van der Waals surface area contributed by atoms with Crippen LogP contribution in [0.2, 0.25) is 0 Å². The van der Waals surface area contributed by atoms with Gasteiger partial charge in [0, 0.05) is 15.4 Å². The van der Waals surface area contributed by atoms with Crippen LogP contribution < -0.4 is 5.56 Å². The fourth-order valence-electron chi connectivity index (χ4n) is 4.25. The molecule has 3 heterocycles. The molecule has 5 heteroatoms. The van der Waals surface area contributed by atoms with Crippen LogP contribution in [0.4, 0.5) is 0 Å². The minimum Gasteiger partial charge on any atom is -0.312 e. The molecule has 0 N–H and O–H groups in total. The molecule has 138 valence electrons. The van der Waals surface area contributed by atoms with Gasteiger partial charge in [0.2, 0.25) is 0 Å². The molecule has 0 saturated carbocycles. The third-order valence-corrected chi connectivity index (χ3v) is 6.06. The molecular weight excluding hydrogens is 426 g/mol. The first-order valence-electron chi connectivity index (χ1n) is 9.37. The highest BCUT2D eigenvalue weighted by Crippen LogP contribution is 2.43. The molecule has 1 unspecified atom stereocenters. The van der Waals surface area contributed by atoms with Crippen molar-refractivity contribution in [3.63, 3.8) is 0 Å². The van der Waals surface area contributed by atoms with Gasteiger partial charge in [0.1, 0.15) is 5.69 Å². The Kier molecular flexibility index (Phi) is 3.49. The molecule has 0 amide bonds. The Balaban J connectivity index is 1.77. The van der Waals surface area contributed by atoms with Gasteiger partial charge < -0.3 is 4.57 Å².